The van der Waals surface area contributed by atoms with Gasteiger partial charge in [-0.1, -0.05) is 12.1 Å². The molecule has 2 aliphatic heterocycles. The largest absolute Gasteiger partial charge is 0.353 e. The van der Waals surface area contributed by atoms with Crippen molar-refractivity contribution < 1.29 is 14.0 Å². The number of nitrogens with zero attached hydrogens (tertiary/aromatic N) is 2. The molecule has 0 spiro atoms. The summed E-state index contributed by atoms with van der Waals surface area (Å²) in [4.78, 5) is 27.7. The molecule has 6 heteroatoms. The van der Waals surface area contributed by atoms with Gasteiger partial charge in [0.25, 0.3) is 0 Å². The molecule has 1 aromatic rings. The average molecular weight is 333 g/mol. The minimum Gasteiger partial charge on any atom is -0.353 e. The van der Waals surface area contributed by atoms with Gasteiger partial charge in [0.15, 0.2) is 0 Å². The second-order valence-corrected chi connectivity index (χ2v) is 6.86. The highest BCUT2D eigenvalue weighted by atomic mass is 19.1. The second-order valence-electron chi connectivity index (χ2n) is 6.86. The predicted octanol–water partition coefficient (Wildman–Crippen LogP) is 1.38. The zero-order valence-electron chi connectivity index (χ0n) is 14.0. The smallest absolute Gasteiger partial charge is 0.225 e. The van der Waals surface area contributed by atoms with E-state index in [1.54, 1.807) is 11.9 Å². The van der Waals surface area contributed by atoms with E-state index in [4.69, 9.17) is 0 Å². The van der Waals surface area contributed by atoms with Crippen molar-refractivity contribution in [1.29, 1.82) is 0 Å². The minimum atomic E-state index is -0.212. The van der Waals surface area contributed by atoms with Gasteiger partial charge in [0.05, 0.1) is 5.92 Å². The summed E-state index contributed by atoms with van der Waals surface area (Å²) in [5, 5.41) is 3.10. The molecule has 1 unspecified atom stereocenters. The molecule has 2 heterocycles. The number of likely N-dealkylation sites (tertiary alicyclic amines) is 2. The highest BCUT2D eigenvalue weighted by molar-refractivity contribution is 5.89. The molecule has 2 amide bonds. The van der Waals surface area contributed by atoms with Crippen LogP contribution in [0.1, 0.15) is 24.8 Å². The van der Waals surface area contributed by atoms with E-state index in [9.17, 15) is 14.0 Å². The molecule has 1 N–H and O–H groups in total. The minimum absolute atomic E-state index is 0.00434. The molecule has 0 bridgehead atoms. The molecule has 2 saturated heterocycles. The summed E-state index contributed by atoms with van der Waals surface area (Å²) in [5.74, 6) is -0.370. The maximum atomic E-state index is 12.9. The van der Waals surface area contributed by atoms with E-state index < -0.39 is 0 Å². The molecular weight excluding hydrogens is 309 g/mol. The zero-order chi connectivity index (χ0) is 17.1. The predicted molar refractivity (Wildman–Crippen MR) is 88.6 cm³/mol. The Bertz CT molecular complexity index is 597. The number of hydrogen-bond donors (Lipinski definition) is 1. The van der Waals surface area contributed by atoms with E-state index in [-0.39, 0.29) is 29.6 Å². The highest BCUT2D eigenvalue weighted by Gasteiger charge is 2.33. The van der Waals surface area contributed by atoms with Crippen molar-refractivity contribution in [3.8, 4) is 0 Å². The number of piperidine rings is 1. The van der Waals surface area contributed by atoms with Crippen molar-refractivity contribution in [1.82, 2.24) is 15.1 Å². The molecule has 1 aromatic carbocycles. The first-order chi connectivity index (χ1) is 11.5. The first kappa shape index (κ1) is 16.9. The summed E-state index contributed by atoms with van der Waals surface area (Å²) in [7, 11) is 1.74. The molecule has 0 saturated carbocycles. The summed E-state index contributed by atoms with van der Waals surface area (Å²) in [5.41, 5.74) is 1.10. The molecule has 0 aromatic heterocycles. The number of halogens is 1. The number of benzene rings is 1. The first-order valence-corrected chi connectivity index (χ1v) is 8.52. The lowest BCUT2D eigenvalue weighted by atomic mass is 10.0. The van der Waals surface area contributed by atoms with Crippen molar-refractivity contribution in [2.24, 2.45) is 5.92 Å². The first-order valence-electron chi connectivity index (χ1n) is 8.52. The summed E-state index contributed by atoms with van der Waals surface area (Å²) < 4.78 is 12.9. The van der Waals surface area contributed by atoms with Crippen LogP contribution >= 0.6 is 0 Å². The van der Waals surface area contributed by atoms with Gasteiger partial charge in [0.1, 0.15) is 5.82 Å². The van der Waals surface area contributed by atoms with Crippen LogP contribution in [-0.4, -0.2) is 54.3 Å². The van der Waals surface area contributed by atoms with Crippen LogP contribution in [0.2, 0.25) is 0 Å². The number of carbonyl (C=O) groups excluding carboxylic acids is 2. The van der Waals surface area contributed by atoms with Crippen LogP contribution in [0.4, 0.5) is 4.39 Å². The van der Waals surface area contributed by atoms with Crippen LogP contribution < -0.4 is 5.32 Å². The Balaban J connectivity index is 1.43. The average Bonchev–Trinajstić information content (AvgIpc) is 2.91. The fraction of sp³-hybridized carbons (Fsp3) is 0.556. The van der Waals surface area contributed by atoms with E-state index in [1.807, 2.05) is 12.1 Å². The third-order valence-corrected chi connectivity index (χ3v) is 4.97. The van der Waals surface area contributed by atoms with E-state index in [2.05, 4.69) is 10.2 Å². The lowest BCUT2D eigenvalue weighted by molar-refractivity contribution is -0.128. The topological polar surface area (TPSA) is 52.7 Å². The van der Waals surface area contributed by atoms with Crippen LogP contribution in [-0.2, 0) is 16.1 Å². The third-order valence-electron chi connectivity index (χ3n) is 4.97. The number of amides is 2. The molecule has 3 rings (SSSR count). The molecular formula is C18H24FN3O2. The third kappa shape index (κ3) is 4.12. The fourth-order valence-electron chi connectivity index (χ4n) is 3.44. The number of carbonyl (C=O) groups is 2. The zero-order valence-corrected chi connectivity index (χ0v) is 14.0. The normalized spacial score (nSPS) is 22.8. The van der Waals surface area contributed by atoms with Gasteiger partial charge in [-0.05, 0) is 30.5 Å². The molecule has 1 atom stereocenters. The molecule has 0 aliphatic carbocycles. The van der Waals surface area contributed by atoms with Gasteiger partial charge in [-0.15, -0.1) is 0 Å². The van der Waals surface area contributed by atoms with Crippen LogP contribution in [0.25, 0.3) is 0 Å². The summed E-state index contributed by atoms with van der Waals surface area (Å²) in [6.07, 6.45) is 2.14. The van der Waals surface area contributed by atoms with E-state index >= 15 is 0 Å². The molecule has 0 radical (unpaired) electrons. The quantitative estimate of drug-likeness (QED) is 0.906. The molecule has 24 heavy (non-hydrogen) atoms. The van der Waals surface area contributed by atoms with Crippen LogP contribution in [0.3, 0.4) is 0 Å². The van der Waals surface area contributed by atoms with Crippen molar-refractivity contribution in [3.63, 3.8) is 0 Å². The standard InChI is InChI=1S/C18H24FN3O2/c1-21-12-14(10-17(21)23)18(24)20-16-6-8-22(9-7-16)11-13-2-4-15(19)5-3-13/h2-5,14,16H,6-12H2,1H3,(H,20,24). The Morgan fingerprint density at radius 2 is 1.92 bits per heavy atom. The Labute approximate surface area is 141 Å². The van der Waals surface area contributed by atoms with Crippen molar-refractivity contribution in [2.45, 2.75) is 31.8 Å². The lowest BCUT2D eigenvalue weighted by Crippen LogP contribution is -2.46. The summed E-state index contributed by atoms with van der Waals surface area (Å²) in [6.45, 7) is 3.15. The maximum absolute atomic E-state index is 12.9. The van der Waals surface area contributed by atoms with Gasteiger partial charge in [-0.25, -0.2) is 4.39 Å². The van der Waals surface area contributed by atoms with Gasteiger partial charge < -0.3 is 10.2 Å². The summed E-state index contributed by atoms with van der Waals surface area (Å²) in [6, 6.07) is 6.79. The Hall–Kier alpha value is -1.95. The number of hydrogen-bond acceptors (Lipinski definition) is 3. The van der Waals surface area contributed by atoms with Crippen molar-refractivity contribution in [2.75, 3.05) is 26.7 Å². The van der Waals surface area contributed by atoms with Gasteiger partial charge in [0.2, 0.25) is 11.8 Å². The summed E-state index contributed by atoms with van der Waals surface area (Å²) >= 11 is 0. The van der Waals surface area contributed by atoms with Gasteiger partial charge in [-0.2, -0.15) is 0 Å². The Morgan fingerprint density at radius 3 is 2.50 bits per heavy atom. The number of rotatable bonds is 4. The molecule has 2 fully saturated rings. The van der Waals surface area contributed by atoms with Crippen LogP contribution in [0, 0.1) is 11.7 Å². The molecule has 2 aliphatic rings. The van der Waals surface area contributed by atoms with Crippen LogP contribution in [0.5, 0.6) is 0 Å². The second kappa shape index (κ2) is 7.30. The molecule has 5 nitrogen and oxygen atoms in total. The van der Waals surface area contributed by atoms with Crippen molar-refractivity contribution in [3.05, 3.63) is 35.6 Å². The maximum Gasteiger partial charge on any atom is 0.225 e. The van der Waals surface area contributed by atoms with Gasteiger partial charge in [-0.3, -0.25) is 14.5 Å². The van der Waals surface area contributed by atoms with Gasteiger partial charge >= 0.3 is 0 Å². The van der Waals surface area contributed by atoms with E-state index in [0.29, 0.717) is 13.0 Å². The number of nitrogens with one attached hydrogen (secondary N) is 1. The Morgan fingerprint density at radius 1 is 1.25 bits per heavy atom. The van der Waals surface area contributed by atoms with Gasteiger partial charge in [0, 0.05) is 45.7 Å². The fourth-order valence-corrected chi connectivity index (χ4v) is 3.44. The molecule has 130 valence electrons. The monoisotopic (exact) mass is 333 g/mol. The van der Waals surface area contributed by atoms with E-state index in [0.717, 1.165) is 38.0 Å². The highest BCUT2D eigenvalue weighted by Crippen LogP contribution is 2.18. The van der Waals surface area contributed by atoms with E-state index in [1.165, 1.54) is 12.1 Å². The SMILES string of the molecule is CN1CC(C(=O)NC2CCN(Cc3ccc(F)cc3)CC2)CC1=O. The van der Waals surface area contributed by atoms with Crippen molar-refractivity contribution >= 4 is 11.8 Å². The van der Waals surface area contributed by atoms with Crippen LogP contribution in [0.15, 0.2) is 24.3 Å². The lowest BCUT2D eigenvalue weighted by Gasteiger charge is -2.32. The Kier molecular flexibility index (Phi) is 5.14.